The summed E-state index contributed by atoms with van der Waals surface area (Å²) in [5, 5.41) is 12.8. The fourth-order valence-electron chi connectivity index (χ4n) is 7.96. The number of aliphatic hydroxyl groups excluding tert-OH is 1. The van der Waals surface area contributed by atoms with Gasteiger partial charge in [-0.25, -0.2) is 8.42 Å². The first-order valence-electron chi connectivity index (χ1n) is 17.5. The first kappa shape index (κ1) is 35.2. The van der Waals surface area contributed by atoms with Crippen LogP contribution in [0.3, 0.4) is 0 Å². The van der Waals surface area contributed by atoms with Gasteiger partial charge < -0.3 is 19.1 Å². The maximum atomic E-state index is 14.3. The number of hydrogen-bond donors (Lipinski definition) is 1. The summed E-state index contributed by atoms with van der Waals surface area (Å²) in [5.74, 6) is 0.380. The zero-order valence-electron chi connectivity index (χ0n) is 29.4. The number of hydrogen-bond acceptors (Lipinski definition) is 6. The van der Waals surface area contributed by atoms with Crippen molar-refractivity contribution in [1.82, 2.24) is 4.57 Å². The highest BCUT2D eigenvalue weighted by Crippen LogP contribution is 2.43. The molecule has 1 fully saturated rings. The summed E-state index contributed by atoms with van der Waals surface area (Å²) in [4.78, 5) is 14.3. The largest absolute Gasteiger partial charge is 0.497 e. The van der Waals surface area contributed by atoms with Gasteiger partial charge in [-0.05, 0) is 105 Å². The Kier molecular flexibility index (Phi) is 10.00. The zero-order valence-corrected chi connectivity index (χ0v) is 30.3. The fraction of sp³-hybridized carbons (Fsp3) is 0.475. The van der Waals surface area contributed by atoms with E-state index in [2.05, 4.69) is 19.1 Å². The Morgan fingerprint density at radius 3 is 2.47 bits per heavy atom. The second-order valence-corrected chi connectivity index (χ2v) is 17.2. The van der Waals surface area contributed by atoms with E-state index in [1.807, 2.05) is 59.3 Å². The van der Waals surface area contributed by atoms with Crippen LogP contribution in [0.15, 0.2) is 72.9 Å². The topological polar surface area (TPSA) is 98.1 Å². The summed E-state index contributed by atoms with van der Waals surface area (Å²) in [6.45, 7) is 7.23. The molecule has 2 aliphatic rings. The number of aromatic nitrogens is 1. The second kappa shape index (κ2) is 13.9. The van der Waals surface area contributed by atoms with Crippen LogP contribution >= 0.6 is 0 Å². The van der Waals surface area contributed by atoms with Gasteiger partial charge in [-0.3, -0.25) is 9.10 Å². The second-order valence-electron chi connectivity index (χ2n) is 14.6. The molecule has 2 aliphatic heterocycles. The van der Waals surface area contributed by atoms with Crippen molar-refractivity contribution in [3.05, 3.63) is 95.2 Å². The van der Waals surface area contributed by atoms with Crippen molar-refractivity contribution in [1.29, 1.82) is 0 Å². The number of ether oxygens (including phenoxy) is 2. The first-order chi connectivity index (χ1) is 23.4. The molecule has 3 aromatic carbocycles. The van der Waals surface area contributed by atoms with Crippen molar-refractivity contribution >= 4 is 32.4 Å². The van der Waals surface area contributed by atoms with Crippen molar-refractivity contribution in [2.75, 3.05) is 31.7 Å². The van der Waals surface area contributed by atoms with Gasteiger partial charge in [0.1, 0.15) is 10.5 Å². The molecule has 0 spiro atoms. The summed E-state index contributed by atoms with van der Waals surface area (Å²) in [6.07, 6.45) is 5.75. The van der Waals surface area contributed by atoms with Crippen LogP contribution in [0, 0.1) is 5.92 Å². The van der Waals surface area contributed by atoms with Gasteiger partial charge in [-0.1, -0.05) is 49.4 Å². The summed E-state index contributed by atoms with van der Waals surface area (Å²) >= 11 is 0. The lowest BCUT2D eigenvalue weighted by atomic mass is 9.70. The number of ketones is 1. The van der Waals surface area contributed by atoms with E-state index in [0.717, 1.165) is 53.5 Å². The third-order valence-electron chi connectivity index (χ3n) is 11.1. The molecular formula is C40H50N2O6S. The average Bonchev–Trinajstić information content (AvgIpc) is 3.44. The van der Waals surface area contributed by atoms with E-state index in [-0.39, 0.29) is 23.5 Å². The first-order valence-corrected chi connectivity index (χ1v) is 18.9. The number of rotatable bonds is 12. The van der Waals surface area contributed by atoms with Gasteiger partial charge in [0.05, 0.1) is 24.4 Å². The molecule has 2 atom stereocenters. The highest BCUT2D eigenvalue weighted by Gasteiger charge is 2.42. The minimum Gasteiger partial charge on any atom is -0.497 e. The lowest BCUT2D eigenvalue weighted by Crippen LogP contribution is -2.44. The van der Waals surface area contributed by atoms with Crippen molar-refractivity contribution in [2.24, 2.45) is 5.92 Å². The number of carbonyl (C=O) groups is 1. The third kappa shape index (κ3) is 6.77. The minimum absolute atomic E-state index is 0.101. The molecule has 0 unspecified atom stereocenters. The Bertz CT molecular complexity index is 1910. The number of aliphatic hydroxyl groups is 1. The molecular weight excluding hydrogens is 637 g/mol. The number of methoxy groups -OCH3 is 1. The number of aryl methyl sites for hydroxylation is 1. The average molecular weight is 687 g/mol. The van der Waals surface area contributed by atoms with Crippen LogP contribution in [0.4, 0.5) is 5.69 Å². The molecule has 0 radical (unpaired) electrons. The number of carbonyl (C=O) groups excluding carboxylic acids is 1. The fourth-order valence-corrected chi connectivity index (χ4v) is 9.40. The minimum atomic E-state index is -3.71. The molecule has 0 aliphatic carbocycles. The van der Waals surface area contributed by atoms with Crippen molar-refractivity contribution in [2.45, 2.75) is 88.5 Å². The SMILES string of the molecule is CCc1cn2c3c(cc(C(=O)C[C@@H](Cc4ccccc4)[C@H](O)CCC4(c5cccc(OC)c5)CCOCC4)cc13)N(C)S(=O)(=O)C(C)(C)C2. The molecule has 262 valence electrons. The van der Waals surface area contributed by atoms with Crippen LogP contribution in [-0.2, 0) is 39.6 Å². The summed E-state index contributed by atoms with van der Waals surface area (Å²) < 4.78 is 41.1. The van der Waals surface area contributed by atoms with Crippen molar-refractivity contribution in [3.8, 4) is 5.75 Å². The lowest BCUT2D eigenvalue weighted by molar-refractivity contribution is 0.0313. The normalized spacial score (nSPS) is 19.3. The Labute approximate surface area is 291 Å². The summed E-state index contributed by atoms with van der Waals surface area (Å²) in [5.41, 5.74) is 5.00. The van der Waals surface area contributed by atoms with Gasteiger partial charge in [-0.2, -0.15) is 0 Å². The molecule has 49 heavy (non-hydrogen) atoms. The number of Topliss-reactive ketones (excluding diaryl/α,β-unsaturated/α-hetero) is 1. The van der Waals surface area contributed by atoms with Gasteiger partial charge in [0, 0.05) is 50.4 Å². The van der Waals surface area contributed by atoms with Crippen molar-refractivity contribution in [3.63, 3.8) is 0 Å². The molecule has 4 aromatic rings. The van der Waals surface area contributed by atoms with Crippen molar-refractivity contribution < 1.29 is 27.8 Å². The van der Waals surface area contributed by atoms with Gasteiger partial charge in [0.15, 0.2) is 5.78 Å². The highest BCUT2D eigenvalue weighted by atomic mass is 32.2. The Morgan fingerprint density at radius 1 is 1.04 bits per heavy atom. The molecule has 6 rings (SSSR count). The molecule has 9 heteroatoms. The van der Waals surface area contributed by atoms with E-state index in [0.29, 0.717) is 43.9 Å². The van der Waals surface area contributed by atoms with Gasteiger partial charge in [0.25, 0.3) is 0 Å². The quantitative estimate of drug-likeness (QED) is 0.160. The molecule has 1 aromatic heterocycles. The van der Waals surface area contributed by atoms with Gasteiger partial charge >= 0.3 is 0 Å². The van der Waals surface area contributed by atoms with E-state index in [9.17, 15) is 18.3 Å². The summed E-state index contributed by atoms with van der Waals surface area (Å²) in [7, 11) is -0.442. The van der Waals surface area contributed by atoms with Crippen LogP contribution < -0.4 is 9.04 Å². The van der Waals surface area contributed by atoms with E-state index in [4.69, 9.17) is 9.47 Å². The lowest BCUT2D eigenvalue weighted by Gasteiger charge is -2.39. The molecule has 8 nitrogen and oxygen atoms in total. The van der Waals surface area contributed by atoms with Crippen LogP contribution in [0.2, 0.25) is 0 Å². The van der Waals surface area contributed by atoms with E-state index in [1.54, 1.807) is 34.1 Å². The van der Waals surface area contributed by atoms with Gasteiger partial charge in [0.2, 0.25) is 10.0 Å². The smallest absolute Gasteiger partial charge is 0.241 e. The summed E-state index contributed by atoms with van der Waals surface area (Å²) in [6, 6.07) is 21.9. The molecule has 1 saturated heterocycles. The molecule has 0 amide bonds. The number of benzene rings is 3. The maximum Gasteiger partial charge on any atom is 0.241 e. The number of anilines is 1. The van der Waals surface area contributed by atoms with Crippen LogP contribution in [0.5, 0.6) is 5.75 Å². The van der Waals surface area contributed by atoms with Gasteiger partial charge in [-0.15, -0.1) is 0 Å². The van der Waals surface area contributed by atoms with Crippen LogP contribution in [-0.4, -0.2) is 62.1 Å². The monoisotopic (exact) mass is 686 g/mol. The van der Waals surface area contributed by atoms with E-state index < -0.39 is 20.9 Å². The van der Waals surface area contributed by atoms with Crippen LogP contribution in [0.1, 0.15) is 79.9 Å². The Balaban J connectivity index is 1.32. The third-order valence-corrected chi connectivity index (χ3v) is 13.5. The molecule has 3 heterocycles. The molecule has 1 N–H and O–H groups in total. The predicted octanol–water partition coefficient (Wildman–Crippen LogP) is 7.09. The van der Waals surface area contributed by atoms with Crippen LogP contribution in [0.25, 0.3) is 10.9 Å². The molecule has 0 saturated carbocycles. The van der Waals surface area contributed by atoms with E-state index in [1.165, 1.54) is 9.87 Å². The predicted molar refractivity (Wildman–Crippen MR) is 195 cm³/mol. The Morgan fingerprint density at radius 2 is 1.78 bits per heavy atom. The van der Waals surface area contributed by atoms with E-state index >= 15 is 0 Å². The number of nitrogens with zero attached hydrogens (tertiary/aromatic N) is 2. The standard InChI is InChI=1S/C40H50N2O6S/c1-6-29-26-42-27-39(2,3)49(45,46)41(4)35-23-31(22-34(29)38(35)42)37(44)24-30(21-28-11-8-7-9-12-28)36(43)15-16-40(17-19-48-20-18-40)32-13-10-14-33(25-32)47-5/h7-14,22-23,25-26,30,36,43H,6,15-21,24,27H2,1-5H3/t30-,36-/m1/s1. The zero-order chi connectivity index (χ0) is 35.0. The number of sulfonamides is 1. The molecule has 0 bridgehead atoms. The Hall–Kier alpha value is -3.66. The highest BCUT2D eigenvalue weighted by molar-refractivity contribution is 7.94. The maximum absolute atomic E-state index is 14.3.